The van der Waals surface area contributed by atoms with Crippen LogP contribution in [-0.2, 0) is 4.79 Å². The smallest absolute Gasteiger partial charge is 0.335 e. The molecule has 1 aliphatic rings. The first-order valence-corrected chi connectivity index (χ1v) is 8.48. The van der Waals surface area contributed by atoms with Crippen LogP contribution in [0.1, 0.15) is 46.3 Å². The Morgan fingerprint density at radius 3 is 2.20 bits per heavy atom. The first-order chi connectivity index (χ1) is 12.1. The normalized spacial score (nSPS) is 17.1. The van der Waals surface area contributed by atoms with Crippen molar-refractivity contribution < 1.29 is 14.7 Å². The Morgan fingerprint density at radius 1 is 1.00 bits per heavy atom. The second kappa shape index (κ2) is 7.49. The number of likely N-dealkylation sites (tertiary alicyclic amines) is 1. The van der Waals surface area contributed by atoms with Gasteiger partial charge < -0.3 is 10.8 Å². The average molecular weight is 338 g/mol. The summed E-state index contributed by atoms with van der Waals surface area (Å²) in [5.74, 6) is -1.05. The van der Waals surface area contributed by atoms with E-state index in [2.05, 4.69) is 4.90 Å². The van der Waals surface area contributed by atoms with Gasteiger partial charge in [-0.1, -0.05) is 48.5 Å². The van der Waals surface area contributed by atoms with Crippen molar-refractivity contribution in [2.24, 2.45) is 5.73 Å². The second-order valence-corrected chi connectivity index (χ2v) is 6.42. The summed E-state index contributed by atoms with van der Waals surface area (Å²) in [5, 5.41) is 9.39. The Bertz CT molecular complexity index is 753. The summed E-state index contributed by atoms with van der Waals surface area (Å²) in [7, 11) is 0. The van der Waals surface area contributed by atoms with Crippen LogP contribution in [0.25, 0.3) is 0 Å². The van der Waals surface area contributed by atoms with Gasteiger partial charge in [0, 0.05) is 0 Å². The summed E-state index contributed by atoms with van der Waals surface area (Å²) in [4.78, 5) is 25.5. The van der Waals surface area contributed by atoms with Crippen molar-refractivity contribution in [2.75, 3.05) is 13.1 Å². The van der Waals surface area contributed by atoms with Crippen LogP contribution in [0.3, 0.4) is 0 Å². The van der Waals surface area contributed by atoms with Crippen LogP contribution in [0.4, 0.5) is 0 Å². The van der Waals surface area contributed by atoms with Gasteiger partial charge in [-0.3, -0.25) is 9.69 Å². The molecule has 1 saturated heterocycles. The van der Waals surface area contributed by atoms with Crippen molar-refractivity contribution in [1.82, 2.24) is 4.90 Å². The molecule has 1 heterocycles. The highest BCUT2D eigenvalue weighted by molar-refractivity contribution is 5.89. The number of primary amides is 1. The zero-order valence-corrected chi connectivity index (χ0v) is 14.0. The minimum absolute atomic E-state index is 0.188. The molecule has 2 aromatic rings. The molecule has 3 rings (SSSR count). The summed E-state index contributed by atoms with van der Waals surface area (Å²) in [5.41, 5.74) is 7.80. The van der Waals surface area contributed by atoms with Gasteiger partial charge in [-0.25, -0.2) is 4.79 Å². The van der Waals surface area contributed by atoms with Gasteiger partial charge in [0.05, 0.1) is 5.56 Å². The lowest BCUT2D eigenvalue weighted by Crippen LogP contribution is -2.42. The van der Waals surface area contributed by atoms with Gasteiger partial charge >= 0.3 is 5.97 Å². The number of hydrogen-bond acceptors (Lipinski definition) is 3. The second-order valence-electron chi connectivity index (χ2n) is 6.42. The highest BCUT2D eigenvalue weighted by atomic mass is 16.4. The van der Waals surface area contributed by atoms with Crippen LogP contribution in [0.2, 0.25) is 0 Å². The van der Waals surface area contributed by atoms with Gasteiger partial charge in [-0.15, -0.1) is 0 Å². The molecule has 3 N–H and O–H groups in total. The Labute approximate surface area is 147 Å². The number of piperidine rings is 1. The number of hydrogen-bond donors (Lipinski definition) is 2. The number of nitrogens with zero attached hydrogens (tertiary/aromatic N) is 1. The van der Waals surface area contributed by atoms with Gasteiger partial charge in [-0.05, 0) is 49.0 Å². The number of carbonyl (C=O) groups excluding carboxylic acids is 1. The lowest BCUT2D eigenvalue weighted by atomic mass is 9.85. The molecule has 1 atom stereocenters. The molecule has 0 aromatic heterocycles. The topological polar surface area (TPSA) is 83.6 Å². The minimum Gasteiger partial charge on any atom is -0.478 e. The quantitative estimate of drug-likeness (QED) is 0.878. The molecule has 0 aliphatic carbocycles. The average Bonchev–Trinajstić information content (AvgIpc) is 2.63. The van der Waals surface area contributed by atoms with E-state index in [0.717, 1.165) is 24.0 Å². The molecule has 0 saturated carbocycles. The van der Waals surface area contributed by atoms with Gasteiger partial charge in [0.1, 0.15) is 6.04 Å². The predicted octanol–water partition coefficient (Wildman–Crippen LogP) is 2.79. The molecule has 25 heavy (non-hydrogen) atoms. The summed E-state index contributed by atoms with van der Waals surface area (Å²) in [6.07, 6.45) is 1.61. The van der Waals surface area contributed by atoms with Crippen molar-refractivity contribution in [2.45, 2.75) is 24.8 Å². The lowest BCUT2D eigenvalue weighted by molar-refractivity contribution is -0.124. The highest BCUT2D eigenvalue weighted by Crippen LogP contribution is 2.33. The van der Waals surface area contributed by atoms with Gasteiger partial charge in [-0.2, -0.15) is 0 Å². The molecular formula is C20H22N2O3. The number of benzene rings is 2. The van der Waals surface area contributed by atoms with Crippen molar-refractivity contribution in [3.05, 3.63) is 71.3 Å². The van der Waals surface area contributed by atoms with Crippen LogP contribution in [-0.4, -0.2) is 35.0 Å². The highest BCUT2D eigenvalue weighted by Gasteiger charge is 2.31. The van der Waals surface area contributed by atoms with Crippen molar-refractivity contribution >= 4 is 11.9 Å². The molecule has 0 bridgehead atoms. The monoisotopic (exact) mass is 338 g/mol. The number of carboxylic acids is 1. The summed E-state index contributed by atoms with van der Waals surface area (Å²) >= 11 is 0. The molecule has 0 spiro atoms. The van der Waals surface area contributed by atoms with Crippen LogP contribution in [0.15, 0.2) is 54.6 Å². The zero-order valence-electron chi connectivity index (χ0n) is 14.0. The standard InChI is InChI=1S/C20H22N2O3/c21-19(23)18(15-6-2-1-3-7-15)22-12-10-14(11-13-22)16-8-4-5-9-17(16)20(24)25/h1-9,14,18H,10-13H2,(H2,21,23)(H,24,25). The first kappa shape index (κ1) is 17.2. The molecular weight excluding hydrogens is 316 g/mol. The maximum Gasteiger partial charge on any atom is 0.335 e. The largest absolute Gasteiger partial charge is 0.478 e. The predicted molar refractivity (Wildman–Crippen MR) is 95.3 cm³/mol. The first-order valence-electron chi connectivity index (χ1n) is 8.48. The number of rotatable bonds is 5. The molecule has 1 aliphatic heterocycles. The Morgan fingerprint density at radius 2 is 1.60 bits per heavy atom. The zero-order chi connectivity index (χ0) is 17.8. The van der Waals surface area contributed by atoms with Crippen LogP contribution in [0, 0.1) is 0 Å². The van der Waals surface area contributed by atoms with Crippen molar-refractivity contribution in [1.29, 1.82) is 0 Å². The van der Waals surface area contributed by atoms with E-state index in [0.29, 0.717) is 18.7 Å². The molecule has 1 amide bonds. The van der Waals surface area contributed by atoms with E-state index in [1.54, 1.807) is 12.1 Å². The molecule has 5 nitrogen and oxygen atoms in total. The van der Waals surface area contributed by atoms with Crippen molar-refractivity contribution in [3.63, 3.8) is 0 Å². The molecule has 5 heteroatoms. The minimum atomic E-state index is -0.891. The van der Waals surface area contributed by atoms with Gasteiger partial charge in [0.25, 0.3) is 0 Å². The summed E-state index contributed by atoms with van der Waals surface area (Å²) in [6, 6.07) is 16.3. The number of carboxylic acid groups (broad SMARTS) is 1. The SMILES string of the molecule is NC(=O)C(c1ccccc1)N1CCC(c2ccccc2C(=O)O)CC1. The Balaban J connectivity index is 1.75. The third-order valence-corrected chi connectivity index (χ3v) is 4.91. The Hall–Kier alpha value is -2.66. The van der Waals surface area contributed by atoms with E-state index >= 15 is 0 Å². The number of carbonyl (C=O) groups is 2. The van der Waals surface area contributed by atoms with E-state index in [4.69, 9.17) is 5.73 Å². The fourth-order valence-corrected chi connectivity index (χ4v) is 3.71. The molecule has 1 unspecified atom stereocenters. The molecule has 1 fully saturated rings. The van der Waals surface area contributed by atoms with E-state index in [9.17, 15) is 14.7 Å². The van der Waals surface area contributed by atoms with Gasteiger partial charge in [0.15, 0.2) is 0 Å². The summed E-state index contributed by atoms with van der Waals surface area (Å²) < 4.78 is 0. The number of amides is 1. The third-order valence-electron chi connectivity index (χ3n) is 4.91. The molecule has 130 valence electrons. The van der Waals surface area contributed by atoms with E-state index < -0.39 is 12.0 Å². The Kier molecular flexibility index (Phi) is 5.14. The van der Waals surface area contributed by atoms with E-state index in [-0.39, 0.29) is 11.8 Å². The van der Waals surface area contributed by atoms with Crippen LogP contribution < -0.4 is 5.73 Å². The maximum atomic E-state index is 12.0. The lowest BCUT2D eigenvalue weighted by Gasteiger charge is -2.36. The fourth-order valence-electron chi connectivity index (χ4n) is 3.71. The van der Waals surface area contributed by atoms with Crippen LogP contribution in [0.5, 0.6) is 0 Å². The van der Waals surface area contributed by atoms with Crippen LogP contribution >= 0.6 is 0 Å². The number of nitrogens with two attached hydrogens (primary N) is 1. The van der Waals surface area contributed by atoms with Gasteiger partial charge in [0.2, 0.25) is 5.91 Å². The molecule has 2 aromatic carbocycles. The maximum absolute atomic E-state index is 12.0. The van der Waals surface area contributed by atoms with E-state index in [1.165, 1.54) is 0 Å². The third kappa shape index (κ3) is 3.72. The summed E-state index contributed by atoms with van der Waals surface area (Å²) in [6.45, 7) is 1.42. The van der Waals surface area contributed by atoms with Crippen molar-refractivity contribution in [3.8, 4) is 0 Å². The number of aromatic carboxylic acids is 1. The fraction of sp³-hybridized carbons (Fsp3) is 0.300. The molecule has 0 radical (unpaired) electrons. The van der Waals surface area contributed by atoms with E-state index in [1.807, 2.05) is 42.5 Å².